The topological polar surface area (TPSA) is 78.7 Å². The number of urea groups is 1. The fraction of sp³-hybridized carbons (Fsp3) is 0.385. The number of halogens is 1. The molecule has 0 bridgehead atoms. The van der Waals surface area contributed by atoms with Gasteiger partial charge in [-0.1, -0.05) is 0 Å². The fourth-order valence-electron chi connectivity index (χ4n) is 2.65. The number of carbonyl (C=O) groups is 2. The van der Waals surface area contributed by atoms with Gasteiger partial charge in [-0.25, -0.2) is 9.18 Å². The minimum Gasteiger partial charge on any atom is -0.396 e. The van der Waals surface area contributed by atoms with Crippen LogP contribution in [0.15, 0.2) is 18.2 Å². The van der Waals surface area contributed by atoms with Gasteiger partial charge in [0.15, 0.2) is 0 Å². The normalized spacial score (nSPS) is 21.6. The zero-order chi connectivity index (χ0) is 14.3. The van der Waals surface area contributed by atoms with E-state index in [1.54, 1.807) is 9.80 Å². The van der Waals surface area contributed by atoms with Crippen LogP contribution in [0.5, 0.6) is 0 Å². The molecule has 0 radical (unpaired) electrons. The summed E-state index contributed by atoms with van der Waals surface area (Å²) in [5.41, 5.74) is 5.82. The highest BCUT2D eigenvalue weighted by Gasteiger charge is 2.37. The maximum atomic E-state index is 13.1. The molecule has 0 aromatic heterocycles. The summed E-state index contributed by atoms with van der Waals surface area (Å²) in [5, 5.41) is 2.76. The number of piperazine rings is 1. The van der Waals surface area contributed by atoms with Gasteiger partial charge in [-0.15, -0.1) is 0 Å². The molecule has 106 valence electrons. The number of anilines is 1. The van der Waals surface area contributed by atoms with Crippen molar-refractivity contribution in [2.24, 2.45) is 0 Å². The van der Waals surface area contributed by atoms with E-state index in [0.717, 1.165) is 0 Å². The van der Waals surface area contributed by atoms with Gasteiger partial charge in [-0.05, 0) is 18.2 Å². The number of fused-ring (bicyclic) bond motifs is 1. The van der Waals surface area contributed by atoms with Crippen molar-refractivity contribution in [2.75, 3.05) is 31.9 Å². The standard InChI is InChI=1S/C13H15FN4O2/c14-10-2-1-8(5-11(10)15)12(19)17-3-4-18-9(7-17)6-16-13(18)20/h1-2,5,9H,3-4,6-7,15H2,(H,16,20). The Balaban J connectivity index is 1.75. The third-order valence-electron chi connectivity index (χ3n) is 3.76. The lowest BCUT2D eigenvalue weighted by Gasteiger charge is -2.36. The summed E-state index contributed by atoms with van der Waals surface area (Å²) >= 11 is 0. The number of nitrogens with zero attached hydrogens (tertiary/aromatic N) is 2. The van der Waals surface area contributed by atoms with E-state index in [1.807, 2.05) is 0 Å². The van der Waals surface area contributed by atoms with Gasteiger partial charge in [0.25, 0.3) is 5.91 Å². The molecule has 2 aliphatic heterocycles. The van der Waals surface area contributed by atoms with E-state index < -0.39 is 5.82 Å². The first-order valence-corrected chi connectivity index (χ1v) is 6.45. The molecule has 1 aromatic carbocycles. The van der Waals surface area contributed by atoms with Crippen LogP contribution in [0.1, 0.15) is 10.4 Å². The highest BCUT2D eigenvalue weighted by molar-refractivity contribution is 5.95. The van der Waals surface area contributed by atoms with Crippen molar-refractivity contribution >= 4 is 17.6 Å². The zero-order valence-electron chi connectivity index (χ0n) is 10.8. The molecule has 1 atom stereocenters. The maximum absolute atomic E-state index is 13.1. The summed E-state index contributed by atoms with van der Waals surface area (Å²) in [7, 11) is 0. The van der Waals surface area contributed by atoms with Crippen molar-refractivity contribution < 1.29 is 14.0 Å². The Morgan fingerprint density at radius 3 is 2.95 bits per heavy atom. The van der Waals surface area contributed by atoms with Crippen molar-refractivity contribution in [2.45, 2.75) is 6.04 Å². The van der Waals surface area contributed by atoms with E-state index in [0.29, 0.717) is 31.7 Å². The molecule has 3 amide bonds. The molecule has 0 aliphatic carbocycles. The minimum atomic E-state index is -0.531. The van der Waals surface area contributed by atoms with Gasteiger partial charge in [0.1, 0.15) is 5.82 Å². The highest BCUT2D eigenvalue weighted by Crippen LogP contribution is 2.18. The quantitative estimate of drug-likeness (QED) is 0.723. The van der Waals surface area contributed by atoms with Crippen LogP contribution in [0.3, 0.4) is 0 Å². The van der Waals surface area contributed by atoms with Crippen molar-refractivity contribution in [3.63, 3.8) is 0 Å². The molecule has 2 saturated heterocycles. The Labute approximate surface area is 115 Å². The average Bonchev–Trinajstić information content (AvgIpc) is 2.82. The summed E-state index contributed by atoms with van der Waals surface area (Å²) in [5.74, 6) is -0.715. The summed E-state index contributed by atoms with van der Waals surface area (Å²) in [6, 6.07) is 3.91. The first kappa shape index (κ1) is 12.7. The summed E-state index contributed by atoms with van der Waals surface area (Å²) < 4.78 is 13.1. The second-order valence-corrected chi connectivity index (χ2v) is 5.02. The second kappa shape index (κ2) is 4.66. The first-order valence-electron chi connectivity index (χ1n) is 6.45. The Morgan fingerprint density at radius 1 is 1.40 bits per heavy atom. The van der Waals surface area contributed by atoms with Gasteiger partial charge in [0.2, 0.25) is 0 Å². The van der Waals surface area contributed by atoms with Gasteiger partial charge in [-0.3, -0.25) is 4.79 Å². The summed E-state index contributed by atoms with van der Waals surface area (Å²) in [6.07, 6.45) is 0. The number of nitrogens with two attached hydrogens (primary N) is 1. The van der Waals surface area contributed by atoms with Crippen LogP contribution in [0, 0.1) is 5.82 Å². The molecule has 20 heavy (non-hydrogen) atoms. The first-order chi connectivity index (χ1) is 9.56. The van der Waals surface area contributed by atoms with Crippen molar-refractivity contribution in [3.05, 3.63) is 29.6 Å². The number of amides is 3. The Hall–Kier alpha value is -2.31. The molecule has 3 N–H and O–H groups in total. The van der Waals surface area contributed by atoms with Gasteiger partial charge < -0.3 is 20.9 Å². The number of nitrogen functional groups attached to an aromatic ring is 1. The fourth-order valence-corrected chi connectivity index (χ4v) is 2.65. The number of hydrogen-bond donors (Lipinski definition) is 2. The van der Waals surface area contributed by atoms with Crippen molar-refractivity contribution in [3.8, 4) is 0 Å². The third-order valence-corrected chi connectivity index (χ3v) is 3.76. The van der Waals surface area contributed by atoms with Gasteiger partial charge >= 0.3 is 6.03 Å². The molecule has 6 nitrogen and oxygen atoms in total. The van der Waals surface area contributed by atoms with E-state index in [1.165, 1.54) is 18.2 Å². The molecule has 2 heterocycles. The Bertz CT molecular complexity index is 577. The van der Waals surface area contributed by atoms with Crippen LogP contribution >= 0.6 is 0 Å². The number of carbonyl (C=O) groups excluding carboxylic acids is 2. The van der Waals surface area contributed by atoms with E-state index in [9.17, 15) is 14.0 Å². The Kier molecular flexibility index (Phi) is 2.96. The molecule has 0 saturated carbocycles. The molecule has 0 spiro atoms. The molecule has 1 aromatic rings. The molecular formula is C13H15FN4O2. The number of rotatable bonds is 1. The predicted octanol–water partition coefficient (Wildman–Crippen LogP) is 0.258. The van der Waals surface area contributed by atoms with Crippen LogP contribution < -0.4 is 11.1 Å². The second-order valence-electron chi connectivity index (χ2n) is 5.02. The Morgan fingerprint density at radius 2 is 2.20 bits per heavy atom. The lowest BCUT2D eigenvalue weighted by atomic mass is 10.1. The predicted molar refractivity (Wildman–Crippen MR) is 70.6 cm³/mol. The van der Waals surface area contributed by atoms with Gasteiger partial charge in [0.05, 0.1) is 11.7 Å². The van der Waals surface area contributed by atoms with E-state index in [4.69, 9.17) is 5.73 Å². The van der Waals surface area contributed by atoms with Crippen LogP contribution in [-0.4, -0.2) is 54.0 Å². The number of hydrogen-bond acceptors (Lipinski definition) is 3. The van der Waals surface area contributed by atoms with Crippen LogP contribution in [0.2, 0.25) is 0 Å². The number of nitrogens with one attached hydrogen (secondary N) is 1. The molecule has 2 aliphatic rings. The van der Waals surface area contributed by atoms with E-state index in [-0.39, 0.29) is 23.7 Å². The zero-order valence-corrected chi connectivity index (χ0v) is 10.8. The molecule has 2 fully saturated rings. The van der Waals surface area contributed by atoms with Gasteiger partial charge in [-0.2, -0.15) is 0 Å². The smallest absolute Gasteiger partial charge is 0.317 e. The van der Waals surface area contributed by atoms with Crippen LogP contribution in [0.4, 0.5) is 14.9 Å². The summed E-state index contributed by atoms with van der Waals surface area (Å²) in [6.45, 7) is 2.02. The lowest BCUT2D eigenvalue weighted by Crippen LogP contribution is -2.53. The largest absolute Gasteiger partial charge is 0.396 e. The highest BCUT2D eigenvalue weighted by atomic mass is 19.1. The third kappa shape index (κ3) is 2.04. The summed E-state index contributed by atoms with van der Waals surface area (Å²) in [4.78, 5) is 27.3. The monoisotopic (exact) mass is 278 g/mol. The minimum absolute atomic E-state index is 0.0120. The van der Waals surface area contributed by atoms with Crippen molar-refractivity contribution in [1.82, 2.24) is 15.1 Å². The average molecular weight is 278 g/mol. The molecule has 7 heteroatoms. The van der Waals surface area contributed by atoms with Crippen LogP contribution in [0.25, 0.3) is 0 Å². The number of benzene rings is 1. The molecule has 1 unspecified atom stereocenters. The van der Waals surface area contributed by atoms with E-state index >= 15 is 0 Å². The lowest BCUT2D eigenvalue weighted by molar-refractivity contribution is 0.0617. The van der Waals surface area contributed by atoms with Gasteiger partial charge in [0, 0.05) is 31.7 Å². The van der Waals surface area contributed by atoms with Crippen molar-refractivity contribution in [1.29, 1.82) is 0 Å². The molecular weight excluding hydrogens is 263 g/mol. The SMILES string of the molecule is Nc1cc(C(=O)N2CCN3C(=O)NCC3C2)ccc1F. The van der Waals surface area contributed by atoms with Crippen LogP contribution in [-0.2, 0) is 0 Å². The maximum Gasteiger partial charge on any atom is 0.317 e. The van der Waals surface area contributed by atoms with E-state index in [2.05, 4.69) is 5.32 Å². The molecule has 3 rings (SSSR count).